The largest absolute Gasteiger partial charge is 0.347 e. The van der Waals surface area contributed by atoms with Crippen LogP contribution in [0.5, 0.6) is 0 Å². The smallest absolute Gasteiger partial charge is 0.241 e. The van der Waals surface area contributed by atoms with E-state index in [1.807, 2.05) is 18.7 Å². The van der Waals surface area contributed by atoms with E-state index >= 15 is 0 Å². The number of hydrogen-bond donors (Lipinski definition) is 1. The Bertz CT molecular complexity index is 521. The number of piperidine rings is 1. The van der Waals surface area contributed by atoms with E-state index in [1.54, 1.807) is 0 Å². The minimum atomic E-state index is -0.112. The van der Waals surface area contributed by atoms with Gasteiger partial charge in [0.25, 0.3) is 0 Å². The molecule has 0 spiro atoms. The van der Waals surface area contributed by atoms with Gasteiger partial charge in [-0.3, -0.25) is 9.59 Å². The third kappa shape index (κ3) is 5.65. The van der Waals surface area contributed by atoms with Gasteiger partial charge in [0.15, 0.2) is 5.82 Å². The number of amides is 2. The molecule has 0 saturated carbocycles. The normalized spacial score (nSPS) is 15.0. The number of carbonyl (C=O) groups is 2. The van der Waals surface area contributed by atoms with Crippen molar-refractivity contribution in [2.24, 2.45) is 0 Å². The zero-order valence-corrected chi connectivity index (χ0v) is 14.0. The summed E-state index contributed by atoms with van der Waals surface area (Å²) in [5, 5.41) is 6.58. The Morgan fingerprint density at radius 1 is 1.26 bits per heavy atom. The maximum absolute atomic E-state index is 11.9. The van der Waals surface area contributed by atoms with E-state index in [2.05, 4.69) is 15.5 Å². The minimum absolute atomic E-state index is 0.0107. The number of aryl methyl sites for hydroxylation is 1. The first kappa shape index (κ1) is 17.4. The van der Waals surface area contributed by atoms with Crippen LogP contribution in [0.3, 0.4) is 0 Å². The van der Waals surface area contributed by atoms with Crippen LogP contribution in [0.15, 0.2) is 4.52 Å². The van der Waals surface area contributed by atoms with Crippen molar-refractivity contribution >= 4 is 11.8 Å². The molecule has 1 aliphatic heterocycles. The summed E-state index contributed by atoms with van der Waals surface area (Å²) in [5.74, 6) is 1.38. The van der Waals surface area contributed by atoms with Crippen molar-refractivity contribution < 1.29 is 14.1 Å². The van der Waals surface area contributed by atoms with E-state index in [0.29, 0.717) is 31.0 Å². The fourth-order valence-corrected chi connectivity index (χ4v) is 2.52. The molecule has 1 fully saturated rings. The van der Waals surface area contributed by atoms with Gasteiger partial charge in [-0.25, -0.2) is 0 Å². The lowest BCUT2D eigenvalue weighted by molar-refractivity contribution is -0.133. The predicted octanol–water partition coefficient (Wildman–Crippen LogP) is 1.64. The highest BCUT2D eigenvalue weighted by Gasteiger charge is 2.17. The quantitative estimate of drug-likeness (QED) is 0.824. The van der Waals surface area contributed by atoms with Crippen LogP contribution in [-0.4, -0.2) is 46.5 Å². The number of carbonyl (C=O) groups excluding carboxylic acids is 2. The van der Waals surface area contributed by atoms with Gasteiger partial charge in [-0.2, -0.15) is 4.98 Å². The van der Waals surface area contributed by atoms with E-state index in [1.165, 1.54) is 6.42 Å². The van der Waals surface area contributed by atoms with E-state index < -0.39 is 0 Å². The van der Waals surface area contributed by atoms with Gasteiger partial charge in [-0.15, -0.1) is 0 Å². The first-order valence-electron chi connectivity index (χ1n) is 8.43. The molecule has 2 amide bonds. The van der Waals surface area contributed by atoms with Crippen LogP contribution in [0.2, 0.25) is 0 Å². The molecule has 2 rings (SSSR count). The van der Waals surface area contributed by atoms with E-state index in [0.717, 1.165) is 25.9 Å². The van der Waals surface area contributed by atoms with Gasteiger partial charge in [0.2, 0.25) is 17.7 Å². The van der Waals surface area contributed by atoms with Crippen molar-refractivity contribution in [2.45, 2.75) is 58.3 Å². The molecule has 0 aliphatic carbocycles. The monoisotopic (exact) mass is 322 g/mol. The summed E-state index contributed by atoms with van der Waals surface area (Å²) in [6.07, 6.45) is 4.86. The number of aromatic nitrogens is 2. The first-order valence-corrected chi connectivity index (χ1v) is 8.43. The third-order valence-corrected chi connectivity index (χ3v) is 3.94. The van der Waals surface area contributed by atoms with Gasteiger partial charge in [0.1, 0.15) is 0 Å². The molecule has 7 nitrogen and oxygen atoms in total. The maximum atomic E-state index is 11.9. The van der Waals surface area contributed by atoms with Crippen LogP contribution in [0, 0.1) is 0 Å². The number of nitrogens with one attached hydrogen (secondary N) is 1. The predicted molar refractivity (Wildman–Crippen MR) is 84.8 cm³/mol. The highest BCUT2D eigenvalue weighted by Crippen LogP contribution is 2.11. The molecule has 1 N–H and O–H groups in total. The topological polar surface area (TPSA) is 88.3 Å². The molecule has 0 aromatic carbocycles. The second-order valence-electron chi connectivity index (χ2n) is 6.27. The summed E-state index contributed by atoms with van der Waals surface area (Å²) in [6.45, 7) is 5.72. The standard InChI is InChI=1S/C16H26N4O3/c1-12(2)16-18-14(23-19-16)8-6-7-13(21)17-11-15(22)20-9-4-3-5-10-20/h12H,3-11H2,1-2H3,(H,17,21). The first-order chi connectivity index (χ1) is 11.1. The molecule has 0 unspecified atom stereocenters. The number of likely N-dealkylation sites (tertiary alicyclic amines) is 1. The van der Waals surface area contributed by atoms with Gasteiger partial charge in [0, 0.05) is 31.8 Å². The number of hydrogen-bond acceptors (Lipinski definition) is 5. The maximum Gasteiger partial charge on any atom is 0.241 e. The zero-order chi connectivity index (χ0) is 16.7. The molecule has 1 aromatic heterocycles. The Kier molecular flexibility index (Phi) is 6.55. The fourth-order valence-electron chi connectivity index (χ4n) is 2.52. The molecule has 7 heteroatoms. The lowest BCUT2D eigenvalue weighted by atomic mass is 10.1. The highest BCUT2D eigenvalue weighted by molar-refractivity contribution is 5.84. The Morgan fingerprint density at radius 3 is 2.65 bits per heavy atom. The van der Waals surface area contributed by atoms with Gasteiger partial charge in [-0.1, -0.05) is 19.0 Å². The molecule has 1 saturated heterocycles. The second-order valence-corrected chi connectivity index (χ2v) is 6.27. The van der Waals surface area contributed by atoms with Crippen LogP contribution in [0.4, 0.5) is 0 Å². The van der Waals surface area contributed by atoms with Gasteiger partial charge in [-0.05, 0) is 25.7 Å². The molecule has 23 heavy (non-hydrogen) atoms. The van der Waals surface area contributed by atoms with Crippen molar-refractivity contribution in [3.63, 3.8) is 0 Å². The van der Waals surface area contributed by atoms with Crippen LogP contribution >= 0.6 is 0 Å². The fraction of sp³-hybridized carbons (Fsp3) is 0.750. The Labute approximate surface area is 136 Å². The van der Waals surface area contributed by atoms with Gasteiger partial charge in [0.05, 0.1) is 6.54 Å². The van der Waals surface area contributed by atoms with E-state index in [-0.39, 0.29) is 24.3 Å². The summed E-state index contributed by atoms with van der Waals surface area (Å²) >= 11 is 0. The minimum Gasteiger partial charge on any atom is -0.347 e. The summed E-state index contributed by atoms with van der Waals surface area (Å²) in [4.78, 5) is 29.8. The van der Waals surface area contributed by atoms with Crippen molar-refractivity contribution in [3.8, 4) is 0 Å². The molecular weight excluding hydrogens is 296 g/mol. The van der Waals surface area contributed by atoms with E-state index in [4.69, 9.17) is 4.52 Å². The average Bonchev–Trinajstić information content (AvgIpc) is 3.02. The van der Waals surface area contributed by atoms with Gasteiger partial charge >= 0.3 is 0 Å². The summed E-state index contributed by atoms with van der Waals surface area (Å²) in [7, 11) is 0. The molecule has 1 aromatic rings. The van der Waals surface area contributed by atoms with Crippen molar-refractivity contribution in [1.29, 1.82) is 0 Å². The molecule has 2 heterocycles. The Hall–Kier alpha value is -1.92. The lowest BCUT2D eigenvalue weighted by Crippen LogP contribution is -2.42. The SMILES string of the molecule is CC(C)c1noc(CCCC(=O)NCC(=O)N2CCCCC2)n1. The van der Waals surface area contributed by atoms with Crippen LogP contribution < -0.4 is 5.32 Å². The summed E-state index contributed by atoms with van der Waals surface area (Å²) in [5.41, 5.74) is 0. The lowest BCUT2D eigenvalue weighted by Gasteiger charge is -2.26. The van der Waals surface area contributed by atoms with Gasteiger partial charge < -0.3 is 14.7 Å². The third-order valence-electron chi connectivity index (χ3n) is 3.94. The number of rotatable bonds is 7. The molecule has 128 valence electrons. The molecule has 0 atom stereocenters. The highest BCUT2D eigenvalue weighted by atomic mass is 16.5. The van der Waals surface area contributed by atoms with Crippen LogP contribution in [0.1, 0.15) is 63.6 Å². The van der Waals surface area contributed by atoms with Crippen molar-refractivity contribution in [1.82, 2.24) is 20.4 Å². The summed E-state index contributed by atoms with van der Waals surface area (Å²) < 4.78 is 5.13. The average molecular weight is 322 g/mol. The molecule has 0 bridgehead atoms. The van der Waals surface area contributed by atoms with E-state index in [9.17, 15) is 9.59 Å². The summed E-state index contributed by atoms with van der Waals surface area (Å²) in [6, 6.07) is 0. The molecular formula is C16H26N4O3. The van der Waals surface area contributed by atoms with Crippen LogP contribution in [0.25, 0.3) is 0 Å². The molecule has 0 radical (unpaired) electrons. The Balaban J connectivity index is 1.61. The zero-order valence-electron chi connectivity index (χ0n) is 14.0. The second kappa shape index (κ2) is 8.64. The Morgan fingerprint density at radius 2 is 2.00 bits per heavy atom. The van der Waals surface area contributed by atoms with Crippen LogP contribution in [-0.2, 0) is 16.0 Å². The van der Waals surface area contributed by atoms with Crippen molar-refractivity contribution in [2.75, 3.05) is 19.6 Å². The van der Waals surface area contributed by atoms with Crippen molar-refractivity contribution in [3.05, 3.63) is 11.7 Å². The number of nitrogens with zero attached hydrogens (tertiary/aromatic N) is 3. The molecule has 1 aliphatic rings.